The number of thiol groups is 1. The van der Waals surface area contributed by atoms with Crippen molar-refractivity contribution in [3.63, 3.8) is 0 Å². The van der Waals surface area contributed by atoms with E-state index in [1.54, 1.807) is 7.11 Å². The standard InChI is InChI=1S/C14H22N2OS/c1-5-14(3,10-18)16-11(2)15-12-6-8-13(17-4)9-7-12/h6-9,18H,5,10H2,1-4H3,(H,15,16). The van der Waals surface area contributed by atoms with Gasteiger partial charge in [-0.3, -0.25) is 4.99 Å². The van der Waals surface area contributed by atoms with Crippen LogP contribution >= 0.6 is 12.6 Å². The monoisotopic (exact) mass is 266 g/mol. The molecule has 1 rings (SSSR count). The smallest absolute Gasteiger partial charge is 0.119 e. The van der Waals surface area contributed by atoms with Crippen molar-refractivity contribution in [3.05, 3.63) is 24.3 Å². The normalized spacial score (nSPS) is 15.1. The van der Waals surface area contributed by atoms with Gasteiger partial charge in [0.2, 0.25) is 0 Å². The molecule has 1 N–H and O–H groups in total. The number of amidine groups is 1. The topological polar surface area (TPSA) is 33.6 Å². The minimum absolute atomic E-state index is 0.104. The van der Waals surface area contributed by atoms with Gasteiger partial charge in [0.15, 0.2) is 0 Å². The Hall–Kier alpha value is -1.16. The molecule has 1 aromatic rings. The van der Waals surface area contributed by atoms with Crippen molar-refractivity contribution in [2.75, 3.05) is 18.2 Å². The Balaban J connectivity index is 2.74. The lowest BCUT2D eigenvalue weighted by Crippen LogP contribution is -2.26. The lowest BCUT2D eigenvalue weighted by Gasteiger charge is -2.22. The molecule has 4 heteroatoms. The van der Waals surface area contributed by atoms with Crippen LogP contribution in [0.2, 0.25) is 0 Å². The maximum absolute atomic E-state index is 5.12. The maximum atomic E-state index is 5.12. The van der Waals surface area contributed by atoms with Gasteiger partial charge in [-0.15, -0.1) is 0 Å². The molecule has 1 aromatic carbocycles. The molecular weight excluding hydrogens is 244 g/mol. The Morgan fingerprint density at radius 3 is 2.44 bits per heavy atom. The third-order valence-corrected chi connectivity index (χ3v) is 3.64. The number of hydrogen-bond donors (Lipinski definition) is 2. The molecule has 0 bridgehead atoms. The number of ether oxygens (including phenoxy) is 1. The van der Waals surface area contributed by atoms with Gasteiger partial charge in [0, 0.05) is 11.4 Å². The van der Waals surface area contributed by atoms with Crippen molar-refractivity contribution in [1.82, 2.24) is 0 Å². The van der Waals surface area contributed by atoms with E-state index in [1.807, 2.05) is 31.2 Å². The summed E-state index contributed by atoms with van der Waals surface area (Å²) in [7, 11) is 1.66. The Bertz CT molecular complexity index is 397. The van der Waals surface area contributed by atoms with Gasteiger partial charge in [-0.1, -0.05) is 6.92 Å². The number of rotatable bonds is 5. The van der Waals surface area contributed by atoms with Crippen LogP contribution in [0.15, 0.2) is 29.3 Å². The molecule has 0 saturated heterocycles. The van der Waals surface area contributed by atoms with E-state index in [4.69, 9.17) is 4.74 Å². The minimum Gasteiger partial charge on any atom is -0.497 e. The number of methoxy groups -OCH3 is 1. The highest BCUT2D eigenvalue weighted by atomic mass is 32.1. The molecule has 0 aromatic heterocycles. The zero-order valence-corrected chi connectivity index (χ0v) is 12.4. The van der Waals surface area contributed by atoms with Crippen LogP contribution in [0.25, 0.3) is 0 Å². The van der Waals surface area contributed by atoms with Crippen LogP contribution < -0.4 is 10.1 Å². The number of hydrogen-bond acceptors (Lipinski definition) is 3. The summed E-state index contributed by atoms with van der Waals surface area (Å²) in [6, 6.07) is 7.80. The largest absolute Gasteiger partial charge is 0.497 e. The quantitative estimate of drug-likeness (QED) is 0.485. The summed E-state index contributed by atoms with van der Waals surface area (Å²) >= 11 is 4.36. The van der Waals surface area contributed by atoms with Gasteiger partial charge >= 0.3 is 0 Å². The van der Waals surface area contributed by atoms with Gasteiger partial charge in [0.05, 0.1) is 18.5 Å². The lowest BCUT2D eigenvalue weighted by atomic mass is 10.0. The summed E-state index contributed by atoms with van der Waals surface area (Å²) in [5, 5.41) is 3.28. The van der Waals surface area contributed by atoms with Crippen molar-refractivity contribution >= 4 is 24.2 Å². The molecule has 0 fully saturated rings. The van der Waals surface area contributed by atoms with Crippen molar-refractivity contribution in [3.8, 4) is 5.75 Å². The molecule has 1 unspecified atom stereocenters. The first-order chi connectivity index (χ1) is 8.53. The van der Waals surface area contributed by atoms with Crippen LogP contribution in [0.3, 0.4) is 0 Å². The Morgan fingerprint density at radius 1 is 1.39 bits per heavy atom. The first kappa shape index (κ1) is 14.9. The number of benzene rings is 1. The predicted molar refractivity (Wildman–Crippen MR) is 82.3 cm³/mol. The lowest BCUT2D eigenvalue weighted by molar-refractivity contribution is 0.415. The Morgan fingerprint density at radius 2 is 2.00 bits per heavy atom. The molecule has 0 amide bonds. The molecule has 3 nitrogen and oxygen atoms in total. The summed E-state index contributed by atoms with van der Waals surface area (Å²) in [6.07, 6.45) is 0.970. The summed E-state index contributed by atoms with van der Waals surface area (Å²) in [5.41, 5.74) is 0.904. The summed E-state index contributed by atoms with van der Waals surface area (Å²) in [4.78, 5) is 4.68. The maximum Gasteiger partial charge on any atom is 0.119 e. The van der Waals surface area contributed by atoms with E-state index in [0.717, 1.165) is 29.4 Å². The average Bonchev–Trinajstić information content (AvgIpc) is 2.39. The SMILES string of the molecule is CCC(C)(CS)N=C(C)Nc1ccc(OC)cc1. The minimum atomic E-state index is -0.104. The van der Waals surface area contributed by atoms with Crippen LogP contribution in [0, 0.1) is 0 Å². The van der Waals surface area contributed by atoms with Crippen molar-refractivity contribution in [1.29, 1.82) is 0 Å². The molecule has 0 saturated carbocycles. The highest BCUT2D eigenvalue weighted by molar-refractivity contribution is 7.80. The third kappa shape index (κ3) is 4.26. The zero-order chi connectivity index (χ0) is 13.6. The van der Waals surface area contributed by atoms with Crippen molar-refractivity contribution in [2.24, 2.45) is 4.99 Å². The number of aliphatic imine (C=N–C) groups is 1. The molecule has 0 radical (unpaired) electrons. The van der Waals surface area contributed by atoms with E-state index >= 15 is 0 Å². The number of anilines is 1. The fraction of sp³-hybridized carbons (Fsp3) is 0.500. The molecule has 1 atom stereocenters. The highest BCUT2D eigenvalue weighted by Gasteiger charge is 2.18. The van der Waals surface area contributed by atoms with Gasteiger partial charge in [-0.2, -0.15) is 12.6 Å². The van der Waals surface area contributed by atoms with E-state index in [-0.39, 0.29) is 5.54 Å². The van der Waals surface area contributed by atoms with Gasteiger partial charge in [-0.25, -0.2) is 0 Å². The first-order valence-corrected chi connectivity index (χ1v) is 6.74. The predicted octanol–water partition coefficient (Wildman–Crippen LogP) is 3.62. The van der Waals surface area contributed by atoms with E-state index in [9.17, 15) is 0 Å². The summed E-state index contributed by atoms with van der Waals surface area (Å²) in [5.74, 6) is 2.49. The van der Waals surface area contributed by atoms with Crippen LogP contribution in [0.5, 0.6) is 5.75 Å². The molecule has 0 aliphatic carbocycles. The second kappa shape index (κ2) is 6.69. The molecule has 100 valence electrons. The van der Waals surface area contributed by atoms with Gasteiger partial charge < -0.3 is 10.1 Å². The average molecular weight is 266 g/mol. The van der Waals surface area contributed by atoms with Crippen molar-refractivity contribution < 1.29 is 4.74 Å². The molecule has 18 heavy (non-hydrogen) atoms. The molecule has 0 heterocycles. The van der Waals surface area contributed by atoms with Gasteiger partial charge in [0.25, 0.3) is 0 Å². The van der Waals surface area contributed by atoms with Crippen LogP contribution in [0.4, 0.5) is 5.69 Å². The number of nitrogens with one attached hydrogen (secondary N) is 1. The second-order valence-electron chi connectivity index (χ2n) is 4.56. The van der Waals surface area contributed by atoms with Gasteiger partial charge in [0.1, 0.15) is 5.75 Å². The molecule has 0 aliphatic rings. The van der Waals surface area contributed by atoms with Crippen LogP contribution in [-0.2, 0) is 0 Å². The van der Waals surface area contributed by atoms with E-state index in [2.05, 4.69) is 36.8 Å². The van der Waals surface area contributed by atoms with E-state index in [0.29, 0.717) is 0 Å². The fourth-order valence-corrected chi connectivity index (χ4v) is 1.84. The molecule has 0 aliphatic heterocycles. The Labute approximate surface area is 115 Å². The zero-order valence-electron chi connectivity index (χ0n) is 11.5. The van der Waals surface area contributed by atoms with Crippen LogP contribution in [-0.4, -0.2) is 24.2 Å². The number of nitrogens with zero attached hydrogens (tertiary/aromatic N) is 1. The third-order valence-electron chi connectivity index (χ3n) is 2.96. The highest BCUT2D eigenvalue weighted by Crippen LogP contribution is 2.19. The van der Waals surface area contributed by atoms with Crippen molar-refractivity contribution in [2.45, 2.75) is 32.7 Å². The summed E-state index contributed by atoms with van der Waals surface area (Å²) in [6.45, 7) is 6.21. The summed E-state index contributed by atoms with van der Waals surface area (Å²) < 4.78 is 5.12. The van der Waals surface area contributed by atoms with Gasteiger partial charge in [-0.05, 0) is 44.5 Å². The molecular formula is C14H22N2OS. The Kier molecular flexibility index (Phi) is 5.54. The van der Waals surface area contributed by atoms with E-state index in [1.165, 1.54) is 0 Å². The van der Waals surface area contributed by atoms with Crippen LogP contribution in [0.1, 0.15) is 27.2 Å². The molecule has 0 spiro atoms. The first-order valence-electron chi connectivity index (χ1n) is 6.11. The second-order valence-corrected chi connectivity index (χ2v) is 4.88. The fourth-order valence-electron chi connectivity index (χ4n) is 1.54. The van der Waals surface area contributed by atoms with E-state index < -0.39 is 0 Å².